The van der Waals surface area contributed by atoms with E-state index in [1.807, 2.05) is 24.3 Å². The monoisotopic (exact) mass is 282 g/mol. The van der Waals surface area contributed by atoms with Crippen LogP contribution >= 0.6 is 0 Å². The van der Waals surface area contributed by atoms with E-state index in [2.05, 4.69) is 35.2 Å². The highest BCUT2D eigenvalue weighted by molar-refractivity contribution is 5.51. The van der Waals surface area contributed by atoms with Gasteiger partial charge in [-0.2, -0.15) is 0 Å². The first kappa shape index (κ1) is 14.0. The maximum absolute atomic E-state index is 6.03. The minimum absolute atomic E-state index is 0.279. The first-order chi connectivity index (χ1) is 10.3. The number of benzene rings is 2. The number of nitrogens with two attached hydrogens (primary N) is 1. The van der Waals surface area contributed by atoms with Gasteiger partial charge in [0.1, 0.15) is 11.9 Å². The van der Waals surface area contributed by atoms with E-state index in [-0.39, 0.29) is 6.10 Å². The maximum Gasteiger partial charge on any atom is 0.142 e. The zero-order valence-electron chi connectivity index (χ0n) is 12.2. The number of para-hydroxylation sites is 2. The van der Waals surface area contributed by atoms with Gasteiger partial charge in [0.05, 0.1) is 5.69 Å². The molecule has 1 fully saturated rings. The van der Waals surface area contributed by atoms with E-state index in [0.717, 1.165) is 43.9 Å². The molecule has 1 saturated heterocycles. The molecule has 0 unspecified atom stereocenters. The van der Waals surface area contributed by atoms with Gasteiger partial charge in [0.25, 0.3) is 0 Å². The summed E-state index contributed by atoms with van der Waals surface area (Å²) < 4.78 is 6.03. The van der Waals surface area contributed by atoms with E-state index in [1.54, 1.807) is 0 Å². The van der Waals surface area contributed by atoms with Gasteiger partial charge >= 0.3 is 0 Å². The minimum Gasteiger partial charge on any atom is -0.488 e. The summed E-state index contributed by atoms with van der Waals surface area (Å²) in [6.07, 6.45) is 2.39. The Balaban J connectivity index is 1.50. The van der Waals surface area contributed by atoms with Gasteiger partial charge in [0, 0.05) is 19.6 Å². The maximum atomic E-state index is 6.03. The molecule has 0 radical (unpaired) electrons. The van der Waals surface area contributed by atoms with Gasteiger partial charge in [-0.05, 0) is 30.5 Å². The van der Waals surface area contributed by atoms with Crippen LogP contribution in [-0.4, -0.2) is 24.1 Å². The lowest BCUT2D eigenvalue weighted by atomic mass is 10.1. The van der Waals surface area contributed by atoms with Crippen molar-refractivity contribution >= 4 is 5.69 Å². The van der Waals surface area contributed by atoms with Gasteiger partial charge in [-0.25, -0.2) is 0 Å². The summed E-state index contributed by atoms with van der Waals surface area (Å²) in [6.45, 7) is 3.18. The standard InChI is InChI=1S/C18H22N2O/c19-17-8-4-5-9-18(17)21-16-10-12-20(13-11-16)14-15-6-2-1-3-7-15/h1-9,16H,10-14,19H2. The Kier molecular flexibility index (Phi) is 4.41. The van der Waals surface area contributed by atoms with Gasteiger partial charge in [-0.3, -0.25) is 4.90 Å². The number of rotatable bonds is 4. The number of ether oxygens (including phenoxy) is 1. The third kappa shape index (κ3) is 3.76. The summed E-state index contributed by atoms with van der Waals surface area (Å²) in [5, 5.41) is 0. The van der Waals surface area contributed by atoms with Crippen molar-refractivity contribution in [2.75, 3.05) is 18.8 Å². The Hall–Kier alpha value is -2.00. The van der Waals surface area contributed by atoms with Gasteiger partial charge < -0.3 is 10.5 Å². The van der Waals surface area contributed by atoms with Crippen LogP contribution in [0.25, 0.3) is 0 Å². The number of likely N-dealkylation sites (tertiary alicyclic amines) is 1. The normalized spacial score (nSPS) is 16.8. The number of anilines is 1. The van der Waals surface area contributed by atoms with Crippen LogP contribution in [0, 0.1) is 0 Å². The summed E-state index contributed by atoms with van der Waals surface area (Å²) in [4.78, 5) is 2.49. The Morgan fingerprint density at radius 3 is 2.33 bits per heavy atom. The van der Waals surface area contributed by atoms with Crippen molar-refractivity contribution in [2.24, 2.45) is 0 Å². The molecule has 0 spiro atoms. The van der Waals surface area contributed by atoms with E-state index in [0.29, 0.717) is 0 Å². The van der Waals surface area contributed by atoms with Crippen molar-refractivity contribution in [2.45, 2.75) is 25.5 Å². The second kappa shape index (κ2) is 6.64. The Morgan fingerprint density at radius 1 is 0.952 bits per heavy atom. The largest absolute Gasteiger partial charge is 0.488 e. The van der Waals surface area contributed by atoms with Crippen LogP contribution in [0.5, 0.6) is 5.75 Å². The third-order valence-corrected chi connectivity index (χ3v) is 4.00. The highest BCUT2D eigenvalue weighted by Crippen LogP contribution is 2.25. The second-order valence-electron chi connectivity index (χ2n) is 5.62. The highest BCUT2D eigenvalue weighted by atomic mass is 16.5. The van der Waals surface area contributed by atoms with Crippen LogP contribution in [-0.2, 0) is 6.54 Å². The van der Waals surface area contributed by atoms with E-state index < -0.39 is 0 Å². The molecule has 3 nitrogen and oxygen atoms in total. The first-order valence-electron chi connectivity index (χ1n) is 7.59. The lowest BCUT2D eigenvalue weighted by Gasteiger charge is -2.32. The molecule has 1 heterocycles. The summed E-state index contributed by atoms with van der Waals surface area (Å²) >= 11 is 0. The van der Waals surface area contributed by atoms with E-state index in [9.17, 15) is 0 Å². The van der Waals surface area contributed by atoms with Crippen LogP contribution in [0.2, 0.25) is 0 Å². The van der Waals surface area contributed by atoms with Crippen molar-refractivity contribution in [3.63, 3.8) is 0 Å². The van der Waals surface area contributed by atoms with Gasteiger partial charge in [0.15, 0.2) is 0 Å². The van der Waals surface area contributed by atoms with Gasteiger partial charge in [0.2, 0.25) is 0 Å². The van der Waals surface area contributed by atoms with Crippen molar-refractivity contribution in [1.82, 2.24) is 4.90 Å². The number of piperidine rings is 1. The quantitative estimate of drug-likeness (QED) is 0.874. The molecule has 21 heavy (non-hydrogen) atoms. The summed E-state index contributed by atoms with van der Waals surface area (Å²) in [7, 11) is 0. The van der Waals surface area contributed by atoms with E-state index in [4.69, 9.17) is 10.5 Å². The molecule has 3 heteroatoms. The SMILES string of the molecule is Nc1ccccc1OC1CCN(Cc2ccccc2)CC1. The summed E-state index contributed by atoms with van der Waals surface area (Å²) in [6, 6.07) is 18.4. The predicted octanol–water partition coefficient (Wildman–Crippen LogP) is 3.31. The van der Waals surface area contributed by atoms with Gasteiger partial charge in [-0.15, -0.1) is 0 Å². The Bertz CT molecular complexity index is 562. The fourth-order valence-corrected chi connectivity index (χ4v) is 2.79. The first-order valence-corrected chi connectivity index (χ1v) is 7.59. The van der Waals surface area contributed by atoms with Crippen LogP contribution in [0.3, 0.4) is 0 Å². The molecule has 0 bridgehead atoms. The zero-order valence-corrected chi connectivity index (χ0v) is 12.2. The molecule has 3 rings (SSSR count). The zero-order chi connectivity index (χ0) is 14.5. The van der Waals surface area contributed by atoms with Crippen LogP contribution in [0.1, 0.15) is 18.4 Å². The second-order valence-corrected chi connectivity index (χ2v) is 5.62. The topological polar surface area (TPSA) is 38.5 Å². The fraction of sp³-hybridized carbons (Fsp3) is 0.333. The molecule has 1 aliphatic rings. The van der Waals surface area contributed by atoms with Crippen molar-refractivity contribution in [1.29, 1.82) is 0 Å². The van der Waals surface area contributed by atoms with Crippen LogP contribution in [0.15, 0.2) is 54.6 Å². The van der Waals surface area contributed by atoms with E-state index >= 15 is 0 Å². The van der Waals surface area contributed by atoms with Crippen LogP contribution in [0.4, 0.5) is 5.69 Å². The molecular weight excluding hydrogens is 260 g/mol. The Labute approximate surface area is 126 Å². The predicted molar refractivity (Wildman–Crippen MR) is 86.2 cm³/mol. The molecule has 2 aromatic carbocycles. The minimum atomic E-state index is 0.279. The number of hydrogen-bond donors (Lipinski definition) is 1. The number of hydrogen-bond acceptors (Lipinski definition) is 3. The molecule has 0 aliphatic carbocycles. The lowest BCUT2D eigenvalue weighted by Crippen LogP contribution is -2.37. The average Bonchev–Trinajstić information content (AvgIpc) is 2.52. The number of nitrogens with zero attached hydrogens (tertiary/aromatic N) is 1. The number of nitrogen functional groups attached to an aromatic ring is 1. The Morgan fingerprint density at radius 2 is 1.62 bits per heavy atom. The molecule has 0 atom stereocenters. The average molecular weight is 282 g/mol. The molecular formula is C18H22N2O. The van der Waals surface area contributed by atoms with Gasteiger partial charge in [-0.1, -0.05) is 42.5 Å². The molecule has 1 aliphatic heterocycles. The molecule has 0 amide bonds. The molecule has 0 aromatic heterocycles. The smallest absolute Gasteiger partial charge is 0.142 e. The highest BCUT2D eigenvalue weighted by Gasteiger charge is 2.21. The molecule has 110 valence electrons. The van der Waals surface area contributed by atoms with E-state index in [1.165, 1.54) is 5.56 Å². The summed E-state index contributed by atoms with van der Waals surface area (Å²) in [5.41, 5.74) is 8.04. The summed E-state index contributed by atoms with van der Waals surface area (Å²) in [5.74, 6) is 0.819. The third-order valence-electron chi connectivity index (χ3n) is 4.00. The van der Waals surface area contributed by atoms with Crippen LogP contribution < -0.4 is 10.5 Å². The van der Waals surface area contributed by atoms with Crippen molar-refractivity contribution in [3.05, 3.63) is 60.2 Å². The molecule has 2 N–H and O–H groups in total. The molecule has 2 aromatic rings. The fourth-order valence-electron chi connectivity index (χ4n) is 2.79. The van der Waals surface area contributed by atoms with Crippen molar-refractivity contribution in [3.8, 4) is 5.75 Å². The lowest BCUT2D eigenvalue weighted by molar-refractivity contribution is 0.0974. The van der Waals surface area contributed by atoms with Crippen molar-refractivity contribution < 1.29 is 4.74 Å². The molecule has 0 saturated carbocycles.